The van der Waals surface area contributed by atoms with Crippen LogP contribution in [0.15, 0.2) is 24.3 Å². The summed E-state index contributed by atoms with van der Waals surface area (Å²) in [6.45, 7) is -1.35. The lowest BCUT2D eigenvalue weighted by Crippen LogP contribution is -2.34. The topological polar surface area (TPSA) is 63.1 Å². The first-order valence-corrected chi connectivity index (χ1v) is 8.21. The van der Waals surface area contributed by atoms with Crippen molar-refractivity contribution in [3.05, 3.63) is 41.5 Å². The van der Waals surface area contributed by atoms with E-state index in [1.807, 2.05) is 0 Å². The minimum Gasteiger partial charge on any atom is -0.351 e. The van der Waals surface area contributed by atoms with E-state index in [1.165, 1.54) is 7.05 Å². The van der Waals surface area contributed by atoms with Crippen LogP contribution in [0.4, 0.5) is 30.7 Å². The zero-order chi connectivity index (χ0) is 21.8. The molecule has 1 amide bonds. The number of alkyl halides is 6. The van der Waals surface area contributed by atoms with E-state index in [4.69, 9.17) is 0 Å². The van der Waals surface area contributed by atoms with Gasteiger partial charge in [-0.1, -0.05) is 5.21 Å². The average molecular weight is 427 g/mol. The number of nitrogens with one attached hydrogen (secondary N) is 1. The standard InChI is InChI=1S/C16H16F7N5O/c1-27(9-15(18,19)20)8-2-7-24-14(29)12-13(16(21,22)23)28(26-25-12)11-5-3-10(17)4-6-11/h3-6H,2,7-9H2,1H3,(H,24,29). The Morgan fingerprint density at radius 3 is 2.31 bits per heavy atom. The number of benzene rings is 1. The van der Waals surface area contributed by atoms with E-state index in [2.05, 4.69) is 15.6 Å². The lowest BCUT2D eigenvalue weighted by molar-refractivity contribution is -0.143. The van der Waals surface area contributed by atoms with Crippen molar-refractivity contribution >= 4 is 5.91 Å². The van der Waals surface area contributed by atoms with E-state index >= 15 is 0 Å². The van der Waals surface area contributed by atoms with Gasteiger partial charge in [0.25, 0.3) is 5.91 Å². The van der Waals surface area contributed by atoms with Crippen molar-refractivity contribution in [2.45, 2.75) is 18.8 Å². The third-order valence-corrected chi connectivity index (χ3v) is 3.68. The van der Waals surface area contributed by atoms with Crippen LogP contribution in [-0.2, 0) is 6.18 Å². The summed E-state index contributed by atoms with van der Waals surface area (Å²) in [6, 6.07) is 3.93. The molecule has 0 aliphatic rings. The molecular weight excluding hydrogens is 411 g/mol. The fourth-order valence-corrected chi connectivity index (χ4v) is 2.47. The van der Waals surface area contributed by atoms with E-state index in [9.17, 15) is 35.5 Å². The van der Waals surface area contributed by atoms with Crippen LogP contribution >= 0.6 is 0 Å². The van der Waals surface area contributed by atoms with Gasteiger partial charge in [0.2, 0.25) is 0 Å². The number of hydrogen-bond acceptors (Lipinski definition) is 4. The molecule has 0 fully saturated rings. The normalized spacial score (nSPS) is 12.4. The molecule has 2 rings (SSSR count). The maximum atomic E-state index is 13.5. The summed E-state index contributed by atoms with van der Waals surface area (Å²) in [6.07, 6.45) is -9.29. The van der Waals surface area contributed by atoms with Crippen molar-refractivity contribution in [2.75, 3.05) is 26.7 Å². The molecule has 0 saturated carbocycles. The summed E-state index contributed by atoms with van der Waals surface area (Å²) in [5.74, 6) is -1.85. The van der Waals surface area contributed by atoms with Crippen LogP contribution in [-0.4, -0.2) is 58.7 Å². The highest BCUT2D eigenvalue weighted by atomic mass is 19.4. The zero-order valence-electron chi connectivity index (χ0n) is 15.0. The first-order chi connectivity index (χ1) is 13.4. The molecule has 0 radical (unpaired) electrons. The molecule has 1 aromatic carbocycles. The second kappa shape index (κ2) is 8.76. The predicted octanol–water partition coefficient (Wildman–Crippen LogP) is 3.04. The highest BCUT2D eigenvalue weighted by Crippen LogP contribution is 2.32. The van der Waals surface area contributed by atoms with Crippen molar-refractivity contribution in [1.82, 2.24) is 25.2 Å². The van der Waals surface area contributed by atoms with Gasteiger partial charge in [0.1, 0.15) is 5.82 Å². The van der Waals surface area contributed by atoms with Gasteiger partial charge in [-0.15, -0.1) is 5.10 Å². The van der Waals surface area contributed by atoms with Gasteiger partial charge < -0.3 is 5.32 Å². The third-order valence-electron chi connectivity index (χ3n) is 3.68. The fraction of sp³-hybridized carbons (Fsp3) is 0.438. The van der Waals surface area contributed by atoms with Gasteiger partial charge in [0.15, 0.2) is 11.4 Å². The summed E-state index contributed by atoms with van der Waals surface area (Å²) >= 11 is 0. The summed E-state index contributed by atoms with van der Waals surface area (Å²) in [5.41, 5.74) is -2.60. The molecule has 0 spiro atoms. The molecule has 0 aliphatic carbocycles. The van der Waals surface area contributed by atoms with Crippen LogP contribution in [0.25, 0.3) is 5.69 Å². The van der Waals surface area contributed by atoms with Gasteiger partial charge in [-0.05, 0) is 44.3 Å². The molecule has 0 unspecified atom stereocenters. The fourth-order valence-electron chi connectivity index (χ4n) is 2.47. The Labute approximate surface area is 160 Å². The van der Waals surface area contributed by atoms with Crippen LogP contribution in [0.5, 0.6) is 0 Å². The number of carbonyl (C=O) groups excluding carboxylic acids is 1. The third kappa shape index (κ3) is 6.41. The lowest BCUT2D eigenvalue weighted by atomic mass is 10.2. The van der Waals surface area contributed by atoms with E-state index in [1.54, 1.807) is 0 Å². The number of nitrogens with zero attached hydrogens (tertiary/aromatic N) is 4. The van der Waals surface area contributed by atoms with Crippen molar-refractivity contribution in [3.8, 4) is 5.69 Å². The average Bonchev–Trinajstić information content (AvgIpc) is 3.03. The maximum absolute atomic E-state index is 13.5. The largest absolute Gasteiger partial charge is 0.435 e. The number of amides is 1. The molecule has 29 heavy (non-hydrogen) atoms. The number of halogens is 7. The maximum Gasteiger partial charge on any atom is 0.435 e. The van der Waals surface area contributed by atoms with Crippen molar-refractivity contribution < 1.29 is 35.5 Å². The first kappa shape index (κ1) is 22.6. The Balaban J connectivity index is 2.08. The molecule has 1 heterocycles. The van der Waals surface area contributed by atoms with Crippen LogP contribution in [0.2, 0.25) is 0 Å². The first-order valence-electron chi connectivity index (χ1n) is 8.21. The zero-order valence-corrected chi connectivity index (χ0v) is 15.0. The molecule has 0 aliphatic heterocycles. The Kier molecular flexibility index (Phi) is 6.82. The van der Waals surface area contributed by atoms with E-state index < -0.39 is 42.0 Å². The Morgan fingerprint density at radius 1 is 1.14 bits per heavy atom. The monoisotopic (exact) mass is 427 g/mol. The number of carbonyl (C=O) groups is 1. The number of rotatable bonds is 7. The van der Waals surface area contributed by atoms with Gasteiger partial charge in [0, 0.05) is 6.54 Å². The smallest absolute Gasteiger partial charge is 0.351 e. The Bertz CT molecular complexity index is 830. The number of aromatic nitrogens is 3. The van der Waals surface area contributed by atoms with E-state index in [0.29, 0.717) is 4.68 Å². The minimum absolute atomic E-state index is 0.0335. The highest BCUT2D eigenvalue weighted by molar-refractivity contribution is 5.93. The van der Waals surface area contributed by atoms with Crippen LogP contribution in [0, 0.1) is 5.82 Å². The second-order valence-electron chi connectivity index (χ2n) is 6.14. The molecule has 13 heteroatoms. The van der Waals surface area contributed by atoms with Crippen LogP contribution < -0.4 is 5.32 Å². The second-order valence-corrected chi connectivity index (χ2v) is 6.14. The van der Waals surface area contributed by atoms with Crippen LogP contribution in [0.1, 0.15) is 22.6 Å². The molecule has 0 bridgehead atoms. The Hall–Kier alpha value is -2.70. The molecule has 1 aromatic heterocycles. The summed E-state index contributed by atoms with van der Waals surface area (Å²) in [4.78, 5) is 13.1. The van der Waals surface area contributed by atoms with E-state index in [0.717, 1.165) is 29.2 Å². The lowest BCUT2D eigenvalue weighted by Gasteiger charge is -2.18. The summed E-state index contributed by atoms with van der Waals surface area (Å²) in [5, 5.41) is 8.78. The van der Waals surface area contributed by atoms with Gasteiger partial charge in [-0.25, -0.2) is 9.07 Å². The van der Waals surface area contributed by atoms with Gasteiger partial charge >= 0.3 is 12.4 Å². The predicted molar refractivity (Wildman–Crippen MR) is 86.8 cm³/mol. The molecule has 0 atom stereocenters. The molecule has 6 nitrogen and oxygen atoms in total. The summed E-state index contributed by atoms with van der Waals surface area (Å²) in [7, 11) is 1.23. The van der Waals surface area contributed by atoms with Crippen molar-refractivity contribution in [3.63, 3.8) is 0 Å². The quantitative estimate of drug-likeness (QED) is 0.545. The minimum atomic E-state index is -4.99. The van der Waals surface area contributed by atoms with Crippen molar-refractivity contribution in [1.29, 1.82) is 0 Å². The molecule has 160 valence electrons. The van der Waals surface area contributed by atoms with Crippen molar-refractivity contribution in [2.24, 2.45) is 0 Å². The molecular formula is C16H16F7N5O. The summed E-state index contributed by atoms with van der Waals surface area (Å²) < 4.78 is 90.4. The van der Waals surface area contributed by atoms with Gasteiger partial charge in [-0.3, -0.25) is 9.69 Å². The highest BCUT2D eigenvalue weighted by Gasteiger charge is 2.42. The molecule has 1 N–H and O–H groups in total. The van der Waals surface area contributed by atoms with E-state index in [-0.39, 0.29) is 25.2 Å². The van der Waals surface area contributed by atoms with Crippen LogP contribution in [0.3, 0.4) is 0 Å². The molecule has 0 saturated heterocycles. The SMILES string of the molecule is CN(CCCNC(=O)c1nnn(-c2ccc(F)cc2)c1C(F)(F)F)CC(F)(F)F. The Morgan fingerprint density at radius 2 is 1.76 bits per heavy atom. The van der Waals surface area contributed by atoms with Gasteiger partial charge in [-0.2, -0.15) is 26.3 Å². The number of hydrogen-bond donors (Lipinski definition) is 1. The van der Waals surface area contributed by atoms with Gasteiger partial charge in [0.05, 0.1) is 12.2 Å². The molecule has 2 aromatic rings.